The van der Waals surface area contributed by atoms with Crippen LogP contribution in [0.5, 0.6) is 0 Å². The molecule has 27 heavy (non-hydrogen) atoms. The van der Waals surface area contributed by atoms with Gasteiger partial charge in [-0.05, 0) is 89.9 Å². The number of hydrogen-bond acceptors (Lipinski definition) is 3. The third kappa shape index (κ3) is 3.55. The highest BCUT2D eigenvalue weighted by molar-refractivity contribution is 6.05. The van der Waals surface area contributed by atoms with Crippen LogP contribution in [-0.4, -0.2) is 24.8 Å². The van der Waals surface area contributed by atoms with Crippen molar-refractivity contribution in [1.82, 2.24) is 5.48 Å². The minimum atomic E-state index is -0.229. The lowest BCUT2D eigenvalue weighted by molar-refractivity contribution is 0.169. The molecule has 2 aromatic carbocycles. The largest absolute Gasteiger partial charge is 0.372 e. The van der Waals surface area contributed by atoms with Crippen molar-refractivity contribution in [1.29, 1.82) is 0 Å². The van der Waals surface area contributed by atoms with Crippen LogP contribution in [0.2, 0.25) is 0 Å². The summed E-state index contributed by atoms with van der Waals surface area (Å²) >= 11 is 0. The zero-order valence-corrected chi connectivity index (χ0v) is 15.6. The predicted molar refractivity (Wildman–Crippen MR) is 109 cm³/mol. The van der Waals surface area contributed by atoms with Crippen LogP contribution in [0.15, 0.2) is 48.0 Å². The minimum Gasteiger partial charge on any atom is -0.372 e. The number of nitrogens with zero attached hydrogens (tertiary/aromatic N) is 1. The average molecular weight is 364 g/mol. The van der Waals surface area contributed by atoms with Gasteiger partial charge in [-0.3, -0.25) is 0 Å². The van der Waals surface area contributed by atoms with Gasteiger partial charge in [0.1, 0.15) is 5.82 Å². The van der Waals surface area contributed by atoms with E-state index < -0.39 is 0 Å². The van der Waals surface area contributed by atoms with Crippen molar-refractivity contribution in [3.8, 4) is 0 Å². The molecule has 2 aromatic rings. The summed E-state index contributed by atoms with van der Waals surface area (Å²) in [6, 6.07) is 13.7. The van der Waals surface area contributed by atoms with Crippen LogP contribution in [0, 0.1) is 5.82 Å². The molecule has 140 valence electrons. The Morgan fingerprint density at radius 3 is 2.52 bits per heavy atom. The molecule has 1 fully saturated rings. The summed E-state index contributed by atoms with van der Waals surface area (Å²) in [4.78, 5) is 2.43. The van der Waals surface area contributed by atoms with Crippen molar-refractivity contribution in [3.63, 3.8) is 0 Å². The Bertz CT molecular complexity index is 893. The Morgan fingerprint density at radius 1 is 1.07 bits per heavy atom. The van der Waals surface area contributed by atoms with Gasteiger partial charge in [-0.25, -0.2) is 9.87 Å². The first kappa shape index (κ1) is 18.0. The van der Waals surface area contributed by atoms with Crippen molar-refractivity contribution in [3.05, 3.63) is 70.5 Å². The Morgan fingerprint density at radius 2 is 1.81 bits per heavy atom. The summed E-state index contributed by atoms with van der Waals surface area (Å²) in [6.45, 7) is 4.81. The van der Waals surface area contributed by atoms with Crippen LogP contribution in [0.25, 0.3) is 17.2 Å². The maximum absolute atomic E-state index is 13.8. The van der Waals surface area contributed by atoms with Crippen LogP contribution < -0.4 is 10.4 Å². The molecule has 0 saturated carbocycles. The fourth-order valence-electron chi connectivity index (χ4n) is 4.18. The molecule has 1 aliphatic heterocycles. The molecule has 2 N–H and O–H groups in total. The van der Waals surface area contributed by atoms with Gasteiger partial charge in [-0.2, -0.15) is 0 Å². The van der Waals surface area contributed by atoms with Crippen molar-refractivity contribution < 1.29 is 9.60 Å². The maximum atomic E-state index is 13.8. The summed E-state index contributed by atoms with van der Waals surface area (Å²) in [5.41, 5.74) is 9.99. The maximum Gasteiger partial charge on any atom is 0.123 e. The zero-order chi connectivity index (χ0) is 18.8. The smallest absolute Gasteiger partial charge is 0.123 e. The molecule has 0 unspecified atom stereocenters. The Kier molecular flexibility index (Phi) is 5.10. The number of fused-ring (bicyclic) bond motifs is 1. The second-order valence-corrected chi connectivity index (χ2v) is 7.30. The molecule has 0 amide bonds. The van der Waals surface area contributed by atoms with E-state index in [1.165, 1.54) is 24.6 Å². The van der Waals surface area contributed by atoms with Gasteiger partial charge in [-0.15, -0.1) is 0 Å². The van der Waals surface area contributed by atoms with E-state index in [9.17, 15) is 4.39 Å². The summed E-state index contributed by atoms with van der Waals surface area (Å²) in [5, 5.41) is 8.97. The third-order valence-corrected chi connectivity index (χ3v) is 5.62. The topological polar surface area (TPSA) is 35.5 Å². The Hall–Kier alpha value is -2.43. The van der Waals surface area contributed by atoms with Gasteiger partial charge in [0.05, 0.1) is 0 Å². The summed E-state index contributed by atoms with van der Waals surface area (Å²) in [6.07, 6.45) is 5.38. The van der Waals surface area contributed by atoms with Gasteiger partial charge < -0.3 is 10.1 Å². The Balaban J connectivity index is 1.68. The number of anilines is 1. The van der Waals surface area contributed by atoms with Crippen molar-refractivity contribution >= 4 is 22.9 Å². The van der Waals surface area contributed by atoms with Crippen LogP contribution in [-0.2, 0) is 0 Å². The number of nitrogens with one attached hydrogen (secondary N) is 1. The van der Waals surface area contributed by atoms with E-state index >= 15 is 0 Å². The van der Waals surface area contributed by atoms with E-state index in [-0.39, 0.29) is 5.82 Å². The number of hydrogen-bond donors (Lipinski definition) is 2. The lowest BCUT2D eigenvalue weighted by Gasteiger charge is -2.17. The van der Waals surface area contributed by atoms with Gasteiger partial charge >= 0.3 is 0 Å². The van der Waals surface area contributed by atoms with Crippen LogP contribution in [0.1, 0.15) is 42.9 Å². The number of benzene rings is 2. The van der Waals surface area contributed by atoms with Crippen LogP contribution >= 0.6 is 0 Å². The van der Waals surface area contributed by atoms with Crippen LogP contribution in [0.4, 0.5) is 10.1 Å². The molecule has 1 aliphatic carbocycles. The predicted octanol–water partition coefficient (Wildman–Crippen LogP) is 5.12. The quantitative estimate of drug-likeness (QED) is 0.723. The SMILES string of the molecule is CC1=C(CCNO)c2cc(F)ccc2/C1=C\c1ccc(N2CCCC2)cc1. The molecule has 4 rings (SSSR count). The van der Waals surface area contributed by atoms with Crippen LogP contribution in [0.3, 0.4) is 0 Å². The molecule has 0 radical (unpaired) electrons. The fourth-order valence-corrected chi connectivity index (χ4v) is 4.18. The van der Waals surface area contributed by atoms with Gasteiger partial charge in [0.15, 0.2) is 0 Å². The molecule has 4 heteroatoms. The van der Waals surface area contributed by atoms with E-state index in [0.29, 0.717) is 13.0 Å². The van der Waals surface area contributed by atoms with Crippen molar-refractivity contribution in [2.24, 2.45) is 0 Å². The average Bonchev–Trinajstić information content (AvgIpc) is 3.29. The summed E-state index contributed by atoms with van der Waals surface area (Å²) in [5.74, 6) is -0.229. The van der Waals surface area contributed by atoms with Gasteiger partial charge in [0.2, 0.25) is 0 Å². The summed E-state index contributed by atoms with van der Waals surface area (Å²) < 4.78 is 13.8. The number of allylic oxidation sites excluding steroid dienone is 2. The highest BCUT2D eigenvalue weighted by Gasteiger charge is 2.23. The molecule has 0 bridgehead atoms. The van der Waals surface area contributed by atoms with E-state index in [4.69, 9.17) is 5.21 Å². The standard InChI is InChI=1S/C23H25FN2O/c1-16-20(10-11-25-27)23-15-18(24)6-9-21(23)22(16)14-17-4-7-19(8-5-17)26-12-2-3-13-26/h4-9,14-15,25,27H,2-3,10-13H2,1H3/b22-14-. The molecular formula is C23H25FN2O. The number of halogens is 1. The van der Waals surface area contributed by atoms with Gasteiger partial charge in [0.25, 0.3) is 0 Å². The van der Waals surface area contributed by atoms with Gasteiger partial charge in [0, 0.05) is 25.3 Å². The van der Waals surface area contributed by atoms with Crippen molar-refractivity contribution in [2.45, 2.75) is 26.2 Å². The zero-order valence-electron chi connectivity index (χ0n) is 15.6. The minimum absolute atomic E-state index is 0.229. The molecule has 1 heterocycles. The lowest BCUT2D eigenvalue weighted by Crippen LogP contribution is -2.17. The number of hydroxylamine groups is 1. The van der Waals surface area contributed by atoms with E-state index in [0.717, 1.165) is 46.5 Å². The Labute approximate surface area is 159 Å². The highest BCUT2D eigenvalue weighted by atomic mass is 19.1. The lowest BCUT2D eigenvalue weighted by atomic mass is 10.0. The normalized spacial score (nSPS) is 17.9. The second-order valence-electron chi connectivity index (χ2n) is 7.30. The van der Waals surface area contributed by atoms with Gasteiger partial charge in [-0.1, -0.05) is 18.2 Å². The molecule has 0 atom stereocenters. The summed E-state index contributed by atoms with van der Waals surface area (Å²) in [7, 11) is 0. The molecule has 3 nitrogen and oxygen atoms in total. The monoisotopic (exact) mass is 364 g/mol. The first-order valence-electron chi connectivity index (χ1n) is 9.61. The van der Waals surface area contributed by atoms with Crippen molar-refractivity contribution in [2.75, 3.05) is 24.5 Å². The number of rotatable bonds is 5. The molecular weight excluding hydrogens is 339 g/mol. The fraction of sp³-hybridized carbons (Fsp3) is 0.304. The highest BCUT2D eigenvalue weighted by Crippen LogP contribution is 2.43. The molecule has 0 aromatic heterocycles. The first-order valence-corrected chi connectivity index (χ1v) is 9.61. The molecule has 0 spiro atoms. The van der Waals surface area contributed by atoms with E-state index in [1.54, 1.807) is 6.07 Å². The third-order valence-electron chi connectivity index (χ3n) is 5.62. The second kappa shape index (κ2) is 7.67. The molecule has 2 aliphatic rings. The molecule has 1 saturated heterocycles. The van der Waals surface area contributed by atoms with E-state index in [1.807, 2.05) is 6.07 Å². The first-order chi connectivity index (χ1) is 13.2. The van der Waals surface area contributed by atoms with E-state index in [2.05, 4.69) is 47.6 Å².